The molecule has 0 bridgehead atoms. The SMILES string of the molecule is COC(=O)CCC1CN(S(=O)(=O)c2cccc(C(C)C)c2)c2cc(/C=C(\C)c3c(F)cccc3Cl)ccc2O1. The van der Waals surface area contributed by atoms with Gasteiger partial charge in [0.25, 0.3) is 10.0 Å². The van der Waals surface area contributed by atoms with E-state index in [1.165, 1.54) is 17.5 Å². The molecule has 1 heterocycles. The molecule has 1 aliphatic rings. The molecular formula is C30H31ClFNO5S. The molecule has 0 N–H and O–H groups in total. The molecule has 0 saturated carbocycles. The first-order valence-corrected chi connectivity index (χ1v) is 14.5. The second-order valence-electron chi connectivity index (χ2n) is 9.77. The maximum Gasteiger partial charge on any atom is 0.305 e. The van der Waals surface area contributed by atoms with Crippen LogP contribution in [0.5, 0.6) is 5.75 Å². The average Bonchev–Trinajstić information content (AvgIpc) is 2.91. The molecule has 39 heavy (non-hydrogen) atoms. The van der Waals surface area contributed by atoms with Gasteiger partial charge in [0, 0.05) is 12.0 Å². The summed E-state index contributed by atoms with van der Waals surface area (Å²) in [6.45, 7) is 5.77. The van der Waals surface area contributed by atoms with Crippen LogP contribution in [0.15, 0.2) is 65.6 Å². The topological polar surface area (TPSA) is 72.9 Å². The van der Waals surface area contributed by atoms with Crippen molar-refractivity contribution in [2.45, 2.75) is 50.5 Å². The van der Waals surface area contributed by atoms with Crippen molar-refractivity contribution in [2.24, 2.45) is 0 Å². The van der Waals surface area contributed by atoms with Crippen molar-refractivity contribution < 1.29 is 27.1 Å². The van der Waals surface area contributed by atoms with E-state index in [0.29, 0.717) is 22.6 Å². The number of carbonyl (C=O) groups excluding carboxylic acids is 1. The molecule has 0 fully saturated rings. The minimum absolute atomic E-state index is 0.0174. The van der Waals surface area contributed by atoms with Crippen molar-refractivity contribution in [1.29, 1.82) is 0 Å². The highest BCUT2D eigenvalue weighted by Crippen LogP contribution is 2.40. The van der Waals surface area contributed by atoms with Crippen LogP contribution in [0.2, 0.25) is 5.02 Å². The number of fused-ring (bicyclic) bond motifs is 1. The van der Waals surface area contributed by atoms with E-state index in [0.717, 1.165) is 5.56 Å². The maximum absolute atomic E-state index is 14.5. The van der Waals surface area contributed by atoms with Gasteiger partial charge in [-0.1, -0.05) is 55.8 Å². The largest absolute Gasteiger partial charge is 0.486 e. The molecule has 1 unspecified atom stereocenters. The number of anilines is 1. The van der Waals surface area contributed by atoms with Gasteiger partial charge >= 0.3 is 5.97 Å². The van der Waals surface area contributed by atoms with Gasteiger partial charge in [0.05, 0.1) is 29.3 Å². The monoisotopic (exact) mass is 571 g/mol. The van der Waals surface area contributed by atoms with E-state index in [-0.39, 0.29) is 40.8 Å². The molecule has 3 aromatic carbocycles. The summed E-state index contributed by atoms with van der Waals surface area (Å²) in [5.41, 5.74) is 2.79. The quantitative estimate of drug-likeness (QED) is 0.213. The summed E-state index contributed by atoms with van der Waals surface area (Å²) in [4.78, 5) is 11.9. The van der Waals surface area contributed by atoms with Crippen molar-refractivity contribution >= 4 is 44.9 Å². The Morgan fingerprint density at radius 3 is 2.62 bits per heavy atom. The first kappa shape index (κ1) is 28.6. The van der Waals surface area contributed by atoms with Crippen LogP contribution in [0.3, 0.4) is 0 Å². The molecule has 0 spiro atoms. The standard InChI is InChI=1S/C30H31ClFNO5S/c1-19(2)22-7-5-8-24(17-22)39(35,36)33-18-23(12-14-29(34)37-4)38-28-13-11-21(16-27(28)33)15-20(3)30-25(31)9-6-10-26(30)32/h5-11,13,15-17,19,23H,12,14,18H2,1-4H3/b20-15+. The number of esters is 1. The fraction of sp³-hybridized carbons (Fsp3) is 0.300. The lowest BCUT2D eigenvalue weighted by Gasteiger charge is -2.35. The van der Waals surface area contributed by atoms with Crippen LogP contribution in [0, 0.1) is 5.82 Å². The van der Waals surface area contributed by atoms with E-state index >= 15 is 0 Å². The highest BCUT2D eigenvalue weighted by atomic mass is 35.5. The lowest BCUT2D eigenvalue weighted by Crippen LogP contribution is -2.43. The normalized spacial score (nSPS) is 15.6. The van der Waals surface area contributed by atoms with E-state index in [9.17, 15) is 17.6 Å². The Hall–Kier alpha value is -3.36. The number of carbonyl (C=O) groups is 1. The van der Waals surface area contributed by atoms with Crippen LogP contribution in [0.1, 0.15) is 56.2 Å². The summed E-state index contributed by atoms with van der Waals surface area (Å²) < 4.78 is 54.7. The average molecular weight is 572 g/mol. The van der Waals surface area contributed by atoms with Gasteiger partial charge in [-0.15, -0.1) is 0 Å². The second-order valence-corrected chi connectivity index (χ2v) is 12.0. The molecule has 0 radical (unpaired) electrons. The number of sulfonamides is 1. The number of methoxy groups -OCH3 is 1. The second kappa shape index (κ2) is 11.8. The molecule has 0 aliphatic carbocycles. The Morgan fingerprint density at radius 1 is 1.18 bits per heavy atom. The number of nitrogens with zero attached hydrogens (tertiary/aromatic N) is 1. The van der Waals surface area contributed by atoms with Crippen molar-refractivity contribution in [1.82, 2.24) is 0 Å². The summed E-state index contributed by atoms with van der Waals surface area (Å²) in [7, 11) is -2.68. The van der Waals surface area contributed by atoms with E-state index < -0.39 is 27.9 Å². The number of halogens is 2. The molecule has 0 amide bonds. The van der Waals surface area contributed by atoms with Crippen molar-refractivity contribution in [3.8, 4) is 5.75 Å². The molecule has 0 aromatic heterocycles. The number of rotatable bonds is 8. The fourth-order valence-corrected chi connectivity index (χ4v) is 6.40. The van der Waals surface area contributed by atoms with Gasteiger partial charge < -0.3 is 9.47 Å². The van der Waals surface area contributed by atoms with Gasteiger partial charge in [-0.2, -0.15) is 0 Å². The molecule has 3 aromatic rings. The van der Waals surface area contributed by atoms with Crippen molar-refractivity contribution in [3.63, 3.8) is 0 Å². The highest BCUT2D eigenvalue weighted by molar-refractivity contribution is 7.92. The van der Waals surface area contributed by atoms with Crippen LogP contribution in [-0.2, 0) is 19.6 Å². The van der Waals surface area contributed by atoms with Crippen LogP contribution in [0.4, 0.5) is 10.1 Å². The lowest BCUT2D eigenvalue weighted by molar-refractivity contribution is -0.141. The number of allylic oxidation sites excluding steroid dienone is 1. The zero-order valence-corrected chi connectivity index (χ0v) is 23.9. The van der Waals surface area contributed by atoms with Crippen molar-refractivity contribution in [2.75, 3.05) is 18.0 Å². The predicted molar refractivity (Wildman–Crippen MR) is 152 cm³/mol. The van der Waals surface area contributed by atoms with E-state index in [4.69, 9.17) is 21.1 Å². The summed E-state index contributed by atoms with van der Waals surface area (Å²) >= 11 is 6.25. The van der Waals surface area contributed by atoms with Gasteiger partial charge in [0.15, 0.2) is 0 Å². The third-order valence-corrected chi connectivity index (χ3v) is 8.76. The van der Waals surface area contributed by atoms with E-state index in [1.54, 1.807) is 61.5 Å². The van der Waals surface area contributed by atoms with E-state index in [1.807, 2.05) is 19.9 Å². The first-order chi connectivity index (χ1) is 18.5. The molecule has 206 valence electrons. The number of hydrogen-bond donors (Lipinski definition) is 0. The molecule has 1 atom stereocenters. The molecule has 9 heteroatoms. The number of benzene rings is 3. The van der Waals surface area contributed by atoms with Crippen LogP contribution in [0.25, 0.3) is 11.6 Å². The summed E-state index contributed by atoms with van der Waals surface area (Å²) in [5, 5.41) is 0.285. The summed E-state index contributed by atoms with van der Waals surface area (Å²) in [6.07, 6.45) is 1.57. The molecular weight excluding hydrogens is 541 g/mol. The zero-order chi connectivity index (χ0) is 28.3. The Kier molecular flexibility index (Phi) is 8.67. The predicted octanol–water partition coefficient (Wildman–Crippen LogP) is 7.07. The lowest BCUT2D eigenvalue weighted by atomic mass is 10.0. The Labute approximate surface area is 234 Å². The highest BCUT2D eigenvalue weighted by Gasteiger charge is 2.35. The Bertz CT molecular complexity index is 1500. The number of hydrogen-bond acceptors (Lipinski definition) is 5. The van der Waals surface area contributed by atoms with Gasteiger partial charge in [0.1, 0.15) is 17.7 Å². The Morgan fingerprint density at radius 2 is 1.92 bits per heavy atom. The minimum Gasteiger partial charge on any atom is -0.486 e. The molecule has 0 saturated heterocycles. The minimum atomic E-state index is -3.98. The van der Waals surface area contributed by atoms with Gasteiger partial charge in [-0.3, -0.25) is 9.10 Å². The Balaban J connectivity index is 1.78. The number of ether oxygens (including phenoxy) is 2. The van der Waals surface area contributed by atoms with Gasteiger partial charge in [-0.05, 0) is 72.4 Å². The van der Waals surface area contributed by atoms with Crippen LogP contribution < -0.4 is 9.04 Å². The zero-order valence-electron chi connectivity index (χ0n) is 22.3. The maximum atomic E-state index is 14.5. The van der Waals surface area contributed by atoms with Crippen LogP contribution >= 0.6 is 11.6 Å². The van der Waals surface area contributed by atoms with Crippen LogP contribution in [-0.4, -0.2) is 34.1 Å². The summed E-state index contributed by atoms with van der Waals surface area (Å²) in [5.74, 6) is -0.320. The molecule has 1 aliphatic heterocycles. The fourth-order valence-electron chi connectivity index (χ4n) is 4.54. The molecule has 6 nitrogen and oxygen atoms in total. The third kappa shape index (κ3) is 6.28. The van der Waals surface area contributed by atoms with Gasteiger partial charge in [0.2, 0.25) is 0 Å². The van der Waals surface area contributed by atoms with E-state index in [2.05, 4.69) is 0 Å². The smallest absolute Gasteiger partial charge is 0.305 e. The summed E-state index contributed by atoms with van der Waals surface area (Å²) in [6, 6.07) is 16.6. The van der Waals surface area contributed by atoms with Crippen molar-refractivity contribution in [3.05, 3.63) is 88.2 Å². The van der Waals surface area contributed by atoms with Gasteiger partial charge in [-0.25, -0.2) is 12.8 Å². The first-order valence-electron chi connectivity index (χ1n) is 12.6. The molecule has 4 rings (SSSR count). The third-order valence-electron chi connectivity index (χ3n) is 6.67.